The summed E-state index contributed by atoms with van der Waals surface area (Å²) in [6.07, 6.45) is -1.90. The lowest BCUT2D eigenvalue weighted by Crippen LogP contribution is -2.25. The van der Waals surface area contributed by atoms with Gasteiger partial charge in [0.05, 0.1) is 6.20 Å². The predicted octanol–water partition coefficient (Wildman–Crippen LogP) is 3.33. The van der Waals surface area contributed by atoms with Gasteiger partial charge in [0.15, 0.2) is 0 Å². The first-order valence-electron chi connectivity index (χ1n) is 9.51. The fourth-order valence-electron chi connectivity index (χ4n) is 2.77. The van der Waals surface area contributed by atoms with E-state index in [2.05, 4.69) is 36.1 Å². The lowest BCUT2D eigenvalue weighted by atomic mass is 10.2. The zero-order valence-electron chi connectivity index (χ0n) is 17.5. The summed E-state index contributed by atoms with van der Waals surface area (Å²) in [5.41, 5.74) is 1.29. The molecule has 0 radical (unpaired) electrons. The van der Waals surface area contributed by atoms with Gasteiger partial charge in [0, 0.05) is 32.5 Å². The van der Waals surface area contributed by atoms with Gasteiger partial charge in [0.1, 0.15) is 22.9 Å². The molecular formula is C20H20F3N7O3. The third-order valence-corrected chi connectivity index (χ3v) is 4.28. The standard InChI is InChI=1S/C20H20F3N7O3/c1-24-19(32)29-16-9-12(7-8-25-16)10-26-17-15(11-27-30(17)2)18(31)28-13-3-5-14(6-4-13)33-20(21,22)23/h3-9,11,26H,10H2,1-2H3,(H,28,31)(H2,24,25,29,32). The van der Waals surface area contributed by atoms with Crippen molar-refractivity contribution in [2.24, 2.45) is 7.05 Å². The molecule has 0 fully saturated rings. The van der Waals surface area contributed by atoms with Crippen molar-refractivity contribution in [2.45, 2.75) is 12.9 Å². The third-order valence-electron chi connectivity index (χ3n) is 4.28. The molecule has 0 aliphatic heterocycles. The summed E-state index contributed by atoms with van der Waals surface area (Å²) in [5, 5.41) is 14.8. The van der Waals surface area contributed by atoms with Gasteiger partial charge in [-0.15, -0.1) is 13.2 Å². The maximum Gasteiger partial charge on any atom is 0.573 e. The molecular weight excluding hydrogens is 443 g/mol. The Bertz CT molecular complexity index is 1130. The van der Waals surface area contributed by atoms with E-state index in [-0.39, 0.29) is 11.3 Å². The third kappa shape index (κ3) is 6.59. The van der Waals surface area contributed by atoms with E-state index in [0.717, 1.165) is 17.7 Å². The number of amides is 3. The van der Waals surface area contributed by atoms with E-state index in [0.29, 0.717) is 18.2 Å². The Kier molecular flexibility index (Phi) is 7.00. The second kappa shape index (κ2) is 9.89. The predicted molar refractivity (Wildman–Crippen MR) is 114 cm³/mol. The number of ether oxygens (including phenoxy) is 1. The molecule has 0 bridgehead atoms. The van der Waals surface area contributed by atoms with Gasteiger partial charge in [-0.3, -0.25) is 14.8 Å². The number of carbonyl (C=O) groups excluding carboxylic acids is 2. The summed E-state index contributed by atoms with van der Waals surface area (Å²) in [7, 11) is 3.13. The number of rotatable bonds is 7. The molecule has 3 amide bonds. The van der Waals surface area contributed by atoms with Crippen LogP contribution in [0.15, 0.2) is 48.8 Å². The molecule has 0 saturated carbocycles. The maximum absolute atomic E-state index is 12.7. The van der Waals surface area contributed by atoms with Crippen molar-refractivity contribution in [1.82, 2.24) is 20.1 Å². The summed E-state index contributed by atoms with van der Waals surface area (Å²) in [4.78, 5) is 28.2. The first-order chi connectivity index (χ1) is 15.6. The number of alkyl halides is 3. The molecule has 0 spiro atoms. The van der Waals surface area contributed by atoms with Crippen molar-refractivity contribution < 1.29 is 27.5 Å². The van der Waals surface area contributed by atoms with E-state index in [1.807, 2.05) is 0 Å². The number of benzene rings is 1. The first kappa shape index (κ1) is 23.4. The fourth-order valence-corrected chi connectivity index (χ4v) is 2.77. The van der Waals surface area contributed by atoms with Gasteiger partial charge in [0.25, 0.3) is 5.91 Å². The second-order valence-corrected chi connectivity index (χ2v) is 6.66. The molecule has 0 atom stereocenters. The molecule has 0 aliphatic carbocycles. The van der Waals surface area contributed by atoms with Gasteiger partial charge in [-0.2, -0.15) is 5.10 Å². The molecule has 33 heavy (non-hydrogen) atoms. The second-order valence-electron chi connectivity index (χ2n) is 6.66. The van der Waals surface area contributed by atoms with Crippen molar-refractivity contribution in [2.75, 3.05) is 23.0 Å². The van der Waals surface area contributed by atoms with E-state index in [4.69, 9.17) is 0 Å². The monoisotopic (exact) mass is 463 g/mol. The fraction of sp³-hybridized carbons (Fsp3) is 0.200. The van der Waals surface area contributed by atoms with Gasteiger partial charge in [-0.05, 0) is 42.0 Å². The Morgan fingerprint density at radius 2 is 1.85 bits per heavy atom. The quantitative estimate of drug-likeness (QED) is 0.426. The molecule has 2 aromatic heterocycles. The van der Waals surface area contributed by atoms with Crippen LogP contribution in [-0.2, 0) is 13.6 Å². The summed E-state index contributed by atoms with van der Waals surface area (Å²) < 4.78 is 42.1. The molecule has 0 aliphatic rings. The molecule has 13 heteroatoms. The Balaban J connectivity index is 1.66. The SMILES string of the molecule is CNC(=O)Nc1cc(CNc2c(C(=O)Nc3ccc(OC(F)(F)F)cc3)cnn2C)ccn1. The van der Waals surface area contributed by atoms with Crippen LogP contribution in [0.4, 0.5) is 35.3 Å². The van der Waals surface area contributed by atoms with Gasteiger partial charge >= 0.3 is 12.4 Å². The summed E-state index contributed by atoms with van der Waals surface area (Å²) in [6, 6.07) is 7.78. The average molecular weight is 463 g/mol. The lowest BCUT2D eigenvalue weighted by molar-refractivity contribution is -0.274. The number of halogens is 3. The van der Waals surface area contributed by atoms with Gasteiger partial charge in [-0.1, -0.05) is 0 Å². The van der Waals surface area contributed by atoms with Crippen LogP contribution in [0, 0.1) is 0 Å². The van der Waals surface area contributed by atoms with Crippen LogP contribution in [0.5, 0.6) is 5.75 Å². The Labute approximate surface area is 186 Å². The van der Waals surface area contributed by atoms with Crippen LogP contribution in [0.1, 0.15) is 15.9 Å². The van der Waals surface area contributed by atoms with Gasteiger partial charge < -0.3 is 20.7 Å². The number of carbonyl (C=O) groups is 2. The minimum atomic E-state index is -4.80. The number of nitrogens with one attached hydrogen (secondary N) is 4. The summed E-state index contributed by atoms with van der Waals surface area (Å²) in [6.45, 7) is 0.300. The number of anilines is 3. The van der Waals surface area contributed by atoms with Crippen LogP contribution in [0.3, 0.4) is 0 Å². The van der Waals surface area contributed by atoms with Crippen LogP contribution >= 0.6 is 0 Å². The molecule has 2 heterocycles. The van der Waals surface area contributed by atoms with Gasteiger partial charge in [0.2, 0.25) is 0 Å². The number of urea groups is 1. The number of aromatic nitrogens is 3. The summed E-state index contributed by atoms with van der Waals surface area (Å²) >= 11 is 0. The first-order valence-corrected chi connectivity index (χ1v) is 9.51. The highest BCUT2D eigenvalue weighted by molar-refractivity contribution is 6.07. The molecule has 0 unspecified atom stereocenters. The van der Waals surface area contributed by atoms with Crippen molar-refractivity contribution in [1.29, 1.82) is 0 Å². The number of pyridine rings is 1. The molecule has 0 saturated heterocycles. The van der Waals surface area contributed by atoms with Crippen molar-refractivity contribution in [3.05, 3.63) is 59.9 Å². The zero-order valence-corrected chi connectivity index (χ0v) is 17.5. The van der Waals surface area contributed by atoms with Crippen molar-refractivity contribution in [3.63, 3.8) is 0 Å². The largest absolute Gasteiger partial charge is 0.573 e. The maximum atomic E-state index is 12.7. The molecule has 1 aromatic carbocycles. The Morgan fingerprint density at radius 1 is 1.12 bits per heavy atom. The molecule has 4 N–H and O–H groups in total. The van der Waals surface area contributed by atoms with Crippen LogP contribution < -0.4 is 26.0 Å². The lowest BCUT2D eigenvalue weighted by Gasteiger charge is -2.12. The van der Waals surface area contributed by atoms with E-state index in [9.17, 15) is 22.8 Å². The van der Waals surface area contributed by atoms with E-state index < -0.39 is 24.1 Å². The Morgan fingerprint density at radius 3 is 2.52 bits per heavy atom. The van der Waals surface area contributed by atoms with Gasteiger partial charge in [-0.25, -0.2) is 9.78 Å². The van der Waals surface area contributed by atoms with Crippen LogP contribution in [0.2, 0.25) is 0 Å². The highest BCUT2D eigenvalue weighted by atomic mass is 19.4. The van der Waals surface area contributed by atoms with E-state index >= 15 is 0 Å². The highest BCUT2D eigenvalue weighted by Gasteiger charge is 2.31. The highest BCUT2D eigenvalue weighted by Crippen LogP contribution is 2.25. The number of aryl methyl sites for hydroxylation is 1. The minimum Gasteiger partial charge on any atom is -0.406 e. The molecule has 3 aromatic rings. The van der Waals surface area contributed by atoms with E-state index in [1.54, 1.807) is 19.2 Å². The normalized spacial score (nSPS) is 10.9. The number of nitrogens with zero attached hydrogens (tertiary/aromatic N) is 3. The number of hydrogen-bond donors (Lipinski definition) is 4. The van der Waals surface area contributed by atoms with Crippen LogP contribution in [-0.4, -0.2) is 40.1 Å². The molecule has 10 nitrogen and oxygen atoms in total. The van der Waals surface area contributed by atoms with Crippen molar-refractivity contribution >= 4 is 29.3 Å². The van der Waals surface area contributed by atoms with Crippen LogP contribution in [0.25, 0.3) is 0 Å². The average Bonchev–Trinajstić information content (AvgIpc) is 3.13. The van der Waals surface area contributed by atoms with Crippen molar-refractivity contribution in [3.8, 4) is 5.75 Å². The topological polar surface area (TPSA) is 122 Å². The Hall–Kier alpha value is -4.29. The summed E-state index contributed by atoms with van der Waals surface area (Å²) in [5.74, 6) is -0.129. The molecule has 174 valence electrons. The zero-order chi connectivity index (χ0) is 24.0. The van der Waals surface area contributed by atoms with E-state index in [1.165, 1.54) is 36.3 Å². The smallest absolute Gasteiger partial charge is 0.406 e. The molecule has 3 rings (SSSR count). The number of hydrogen-bond acceptors (Lipinski definition) is 6. The minimum absolute atomic E-state index is 0.228.